The van der Waals surface area contributed by atoms with Crippen LogP contribution in [0.2, 0.25) is 0 Å². The Bertz CT molecular complexity index is 896. The van der Waals surface area contributed by atoms with Crippen LogP contribution in [0.3, 0.4) is 0 Å². The van der Waals surface area contributed by atoms with E-state index >= 15 is 0 Å². The average Bonchev–Trinajstić information content (AvgIpc) is 2.68. The lowest BCUT2D eigenvalue weighted by Crippen LogP contribution is -2.15. The molecule has 0 unspecified atom stereocenters. The predicted molar refractivity (Wildman–Crippen MR) is 110 cm³/mol. The Labute approximate surface area is 159 Å². The molecule has 1 aromatic heterocycles. The molecule has 2 aromatic rings. The van der Waals surface area contributed by atoms with Crippen molar-refractivity contribution in [3.8, 4) is 11.5 Å². The number of aromatic nitrogens is 2. The van der Waals surface area contributed by atoms with Gasteiger partial charge in [0.25, 0.3) is 0 Å². The third-order valence-electron chi connectivity index (χ3n) is 3.45. The van der Waals surface area contributed by atoms with Gasteiger partial charge in [-0.1, -0.05) is 23.9 Å². The van der Waals surface area contributed by atoms with E-state index in [0.29, 0.717) is 28.5 Å². The van der Waals surface area contributed by atoms with E-state index in [4.69, 9.17) is 9.47 Å². The second-order valence-corrected chi connectivity index (χ2v) is 6.86. The van der Waals surface area contributed by atoms with Crippen LogP contribution in [0, 0.1) is 0 Å². The van der Waals surface area contributed by atoms with Crippen LogP contribution < -0.4 is 19.5 Å². The highest BCUT2D eigenvalue weighted by molar-refractivity contribution is 8.25. The number of hydrogen-bond donors (Lipinski definition) is 4. The Morgan fingerprint density at radius 1 is 1.15 bits per heavy atom. The number of fused-ring (bicyclic) bond motifs is 1. The number of methoxy groups -OCH3 is 2. The summed E-state index contributed by atoms with van der Waals surface area (Å²) in [6.45, 7) is 6.98. The molecule has 0 saturated carbocycles. The normalized spacial score (nSPS) is 12.7. The third kappa shape index (κ3) is 5.23. The topological polar surface area (TPSA) is 109 Å². The van der Waals surface area contributed by atoms with Gasteiger partial charge in [-0.15, -0.1) is 0 Å². The maximum atomic E-state index is 9.61. The largest absolute Gasteiger partial charge is 0.493 e. The Kier molecular flexibility index (Phi) is 6.83. The Morgan fingerprint density at radius 3 is 2.48 bits per heavy atom. The average molecular weight is 390 g/mol. The number of allylic oxidation sites excluding steroid dienone is 3. The van der Waals surface area contributed by atoms with Crippen LogP contribution in [-0.2, 0) is 0 Å². The Balaban J connectivity index is 2.23. The molecule has 0 aliphatic heterocycles. The Hall–Kier alpha value is -3.01. The molecule has 1 heterocycles. The molecule has 0 aliphatic carbocycles. The summed E-state index contributed by atoms with van der Waals surface area (Å²) in [6, 6.07) is 3.56. The fourth-order valence-electron chi connectivity index (χ4n) is 2.14. The van der Waals surface area contributed by atoms with Gasteiger partial charge in [-0.3, -0.25) is 13.8 Å². The van der Waals surface area contributed by atoms with Crippen LogP contribution >= 0.6 is 10.8 Å². The van der Waals surface area contributed by atoms with E-state index in [9.17, 15) is 9.11 Å². The van der Waals surface area contributed by atoms with Crippen molar-refractivity contribution in [2.45, 2.75) is 0 Å². The van der Waals surface area contributed by atoms with Crippen molar-refractivity contribution in [3.05, 3.63) is 67.2 Å². The second-order valence-electron chi connectivity index (χ2n) is 5.14. The molecule has 144 valence electrons. The van der Waals surface area contributed by atoms with Gasteiger partial charge in [0, 0.05) is 23.1 Å². The highest BCUT2D eigenvalue weighted by Crippen LogP contribution is 2.35. The second kappa shape index (κ2) is 9.08. The summed E-state index contributed by atoms with van der Waals surface area (Å²) >= 11 is 0. The van der Waals surface area contributed by atoms with Crippen LogP contribution in [0.15, 0.2) is 67.2 Å². The van der Waals surface area contributed by atoms with Gasteiger partial charge in [0.05, 0.1) is 25.4 Å². The monoisotopic (exact) mass is 390 g/mol. The standard InChI is InChI=1S/C18H22N4O4S/c1-5-13(22-27(23,24)6-2)8-7-9-19-18-14-10-16(25-3)17(26-4)11-15(14)20-12-21-18/h5-12,22-24H,1-2H2,3-4H3,(H,19,20,21)/b9-7+,13-8+. The lowest BCUT2D eigenvalue weighted by molar-refractivity contribution is 0.356. The molecule has 27 heavy (non-hydrogen) atoms. The quantitative estimate of drug-likeness (QED) is 0.475. The van der Waals surface area contributed by atoms with Crippen molar-refractivity contribution in [2.24, 2.45) is 0 Å². The molecule has 9 heteroatoms. The van der Waals surface area contributed by atoms with Crippen molar-refractivity contribution in [1.82, 2.24) is 14.7 Å². The van der Waals surface area contributed by atoms with Crippen LogP contribution in [0.25, 0.3) is 10.9 Å². The SMILES string of the molecule is C=C/C(=C\C=C\Nc1ncnc2cc(OC)c(OC)cc12)NS(O)(O)C=C. The number of rotatable bonds is 9. The lowest BCUT2D eigenvalue weighted by atomic mass is 10.2. The van der Waals surface area contributed by atoms with Crippen LogP contribution in [0.1, 0.15) is 0 Å². The minimum Gasteiger partial charge on any atom is -0.493 e. The molecule has 0 saturated heterocycles. The molecule has 0 fully saturated rings. The van der Waals surface area contributed by atoms with Gasteiger partial charge in [-0.2, -0.15) is 0 Å². The summed E-state index contributed by atoms with van der Waals surface area (Å²) in [7, 11) is 0.0300. The van der Waals surface area contributed by atoms with Gasteiger partial charge in [0.1, 0.15) is 12.1 Å². The first-order valence-electron chi connectivity index (χ1n) is 7.75. The molecule has 4 N–H and O–H groups in total. The summed E-state index contributed by atoms with van der Waals surface area (Å²) in [5.41, 5.74) is 1.12. The summed E-state index contributed by atoms with van der Waals surface area (Å²) in [5.74, 6) is 1.73. The van der Waals surface area contributed by atoms with E-state index in [2.05, 4.69) is 33.2 Å². The first kappa shape index (κ1) is 20.3. The molecule has 0 aliphatic rings. The van der Waals surface area contributed by atoms with Crippen LogP contribution in [-0.4, -0.2) is 33.3 Å². The van der Waals surface area contributed by atoms with Gasteiger partial charge in [-0.05, 0) is 24.3 Å². The van der Waals surface area contributed by atoms with E-state index < -0.39 is 10.8 Å². The fourth-order valence-corrected chi connectivity index (χ4v) is 2.72. The molecule has 2 rings (SSSR count). The van der Waals surface area contributed by atoms with Gasteiger partial charge in [-0.25, -0.2) is 9.97 Å². The summed E-state index contributed by atoms with van der Waals surface area (Å²) in [4.78, 5) is 8.47. The first-order chi connectivity index (χ1) is 12.9. The highest BCUT2D eigenvalue weighted by atomic mass is 32.3. The first-order valence-corrected chi connectivity index (χ1v) is 9.36. The number of anilines is 1. The highest BCUT2D eigenvalue weighted by Gasteiger charge is 2.10. The zero-order valence-electron chi connectivity index (χ0n) is 15.0. The van der Waals surface area contributed by atoms with Crippen molar-refractivity contribution < 1.29 is 18.6 Å². The van der Waals surface area contributed by atoms with E-state index in [1.807, 2.05) is 0 Å². The maximum Gasteiger partial charge on any atom is 0.162 e. The minimum absolute atomic E-state index is 0.423. The smallest absolute Gasteiger partial charge is 0.162 e. The molecule has 0 spiro atoms. The summed E-state index contributed by atoms with van der Waals surface area (Å²) < 4.78 is 32.4. The third-order valence-corrected chi connectivity index (χ3v) is 4.45. The molecule has 8 nitrogen and oxygen atoms in total. The Morgan fingerprint density at radius 2 is 1.85 bits per heavy atom. The van der Waals surface area contributed by atoms with Gasteiger partial charge in [0.15, 0.2) is 11.5 Å². The molecule has 0 amide bonds. The number of benzene rings is 1. The molecule has 1 aromatic carbocycles. The number of ether oxygens (including phenoxy) is 2. The fraction of sp³-hybridized carbons (Fsp3) is 0.111. The van der Waals surface area contributed by atoms with Crippen molar-refractivity contribution in [1.29, 1.82) is 0 Å². The van der Waals surface area contributed by atoms with Crippen LogP contribution in [0.5, 0.6) is 11.5 Å². The minimum atomic E-state index is -3.09. The predicted octanol–water partition coefficient (Wildman–Crippen LogP) is 4.04. The van der Waals surface area contributed by atoms with E-state index in [-0.39, 0.29) is 0 Å². The molecular weight excluding hydrogens is 368 g/mol. The zero-order chi connectivity index (χ0) is 19.9. The summed E-state index contributed by atoms with van der Waals surface area (Å²) in [6.07, 6.45) is 7.82. The molecular formula is C18H22N4O4S. The lowest BCUT2D eigenvalue weighted by Gasteiger charge is -2.29. The molecule has 0 radical (unpaired) electrons. The summed E-state index contributed by atoms with van der Waals surface area (Å²) in [5, 5.41) is 4.86. The van der Waals surface area contributed by atoms with Crippen molar-refractivity contribution >= 4 is 27.5 Å². The zero-order valence-corrected chi connectivity index (χ0v) is 15.9. The number of hydrogen-bond acceptors (Lipinski definition) is 8. The van der Waals surface area contributed by atoms with Crippen molar-refractivity contribution in [2.75, 3.05) is 19.5 Å². The van der Waals surface area contributed by atoms with Gasteiger partial charge in [0.2, 0.25) is 0 Å². The van der Waals surface area contributed by atoms with E-state index in [1.54, 1.807) is 44.7 Å². The molecule has 0 atom stereocenters. The van der Waals surface area contributed by atoms with E-state index in [1.165, 1.54) is 12.4 Å². The number of nitrogens with zero attached hydrogens (tertiary/aromatic N) is 2. The van der Waals surface area contributed by atoms with E-state index in [0.717, 1.165) is 10.8 Å². The van der Waals surface area contributed by atoms with Crippen molar-refractivity contribution in [3.63, 3.8) is 0 Å². The maximum absolute atomic E-state index is 9.61. The van der Waals surface area contributed by atoms with Crippen LogP contribution in [0.4, 0.5) is 5.82 Å². The number of nitrogens with one attached hydrogen (secondary N) is 2. The molecule has 0 bridgehead atoms. The van der Waals surface area contributed by atoms with Gasteiger partial charge >= 0.3 is 0 Å². The van der Waals surface area contributed by atoms with Gasteiger partial charge < -0.3 is 14.8 Å².